The van der Waals surface area contributed by atoms with Crippen molar-refractivity contribution in [2.45, 2.75) is 77.8 Å². The molecule has 0 aromatic heterocycles. The molecule has 1 aliphatic heterocycles. The standard InChI is InChI=1S/C15H32N2/c1-4-6-7-8-9-10-11-17-13-15(5-2)16-12-14(17)3/h14-16H,4-13H2,1-3H3. The van der Waals surface area contributed by atoms with Gasteiger partial charge >= 0.3 is 0 Å². The van der Waals surface area contributed by atoms with Crippen LogP contribution in [0.1, 0.15) is 65.7 Å². The van der Waals surface area contributed by atoms with E-state index in [1.165, 1.54) is 64.6 Å². The van der Waals surface area contributed by atoms with Crippen LogP contribution in [-0.2, 0) is 0 Å². The molecule has 2 nitrogen and oxygen atoms in total. The number of piperazine rings is 1. The van der Waals surface area contributed by atoms with E-state index in [4.69, 9.17) is 0 Å². The van der Waals surface area contributed by atoms with E-state index >= 15 is 0 Å². The van der Waals surface area contributed by atoms with E-state index in [1.54, 1.807) is 0 Å². The van der Waals surface area contributed by atoms with E-state index in [0.29, 0.717) is 0 Å². The number of rotatable bonds is 8. The van der Waals surface area contributed by atoms with Crippen LogP contribution >= 0.6 is 0 Å². The van der Waals surface area contributed by atoms with Gasteiger partial charge in [-0.2, -0.15) is 0 Å². The van der Waals surface area contributed by atoms with Crippen molar-refractivity contribution in [2.24, 2.45) is 0 Å². The molecule has 102 valence electrons. The fourth-order valence-electron chi connectivity index (χ4n) is 2.67. The fraction of sp³-hybridized carbons (Fsp3) is 1.00. The minimum atomic E-state index is 0.728. The van der Waals surface area contributed by atoms with Gasteiger partial charge in [0.25, 0.3) is 0 Å². The number of unbranched alkanes of at least 4 members (excludes halogenated alkanes) is 5. The lowest BCUT2D eigenvalue weighted by Crippen LogP contribution is -2.55. The Morgan fingerprint density at radius 3 is 2.47 bits per heavy atom. The maximum Gasteiger partial charge on any atom is 0.0193 e. The van der Waals surface area contributed by atoms with Gasteiger partial charge in [0.15, 0.2) is 0 Å². The van der Waals surface area contributed by atoms with Crippen LogP contribution in [0.15, 0.2) is 0 Å². The third kappa shape index (κ3) is 5.87. The van der Waals surface area contributed by atoms with Crippen molar-refractivity contribution in [1.82, 2.24) is 10.2 Å². The lowest BCUT2D eigenvalue weighted by molar-refractivity contribution is 0.136. The number of nitrogens with zero attached hydrogens (tertiary/aromatic N) is 1. The van der Waals surface area contributed by atoms with Gasteiger partial charge in [0.2, 0.25) is 0 Å². The first kappa shape index (κ1) is 15.0. The Labute approximate surface area is 108 Å². The summed E-state index contributed by atoms with van der Waals surface area (Å²) in [4.78, 5) is 2.69. The van der Waals surface area contributed by atoms with Crippen LogP contribution in [0.3, 0.4) is 0 Å². The van der Waals surface area contributed by atoms with E-state index in [-0.39, 0.29) is 0 Å². The Hall–Kier alpha value is -0.0800. The second kappa shape index (κ2) is 8.93. The highest BCUT2D eigenvalue weighted by Crippen LogP contribution is 2.11. The van der Waals surface area contributed by atoms with Crippen molar-refractivity contribution in [1.29, 1.82) is 0 Å². The Balaban J connectivity index is 2.07. The Kier molecular flexibility index (Phi) is 7.87. The molecule has 0 bridgehead atoms. The molecule has 0 spiro atoms. The molecule has 1 saturated heterocycles. The highest BCUT2D eigenvalue weighted by atomic mass is 15.2. The molecular weight excluding hydrogens is 208 g/mol. The van der Waals surface area contributed by atoms with Crippen molar-refractivity contribution in [3.05, 3.63) is 0 Å². The molecule has 1 aliphatic rings. The summed E-state index contributed by atoms with van der Waals surface area (Å²) >= 11 is 0. The van der Waals surface area contributed by atoms with E-state index in [2.05, 4.69) is 31.0 Å². The maximum atomic E-state index is 3.63. The monoisotopic (exact) mass is 240 g/mol. The van der Waals surface area contributed by atoms with Crippen molar-refractivity contribution >= 4 is 0 Å². The summed E-state index contributed by atoms with van der Waals surface area (Å²) in [7, 11) is 0. The van der Waals surface area contributed by atoms with Crippen LogP contribution in [0.2, 0.25) is 0 Å². The predicted octanol–water partition coefficient (Wildman–Crippen LogP) is 3.42. The largest absolute Gasteiger partial charge is 0.311 e. The molecule has 1 heterocycles. The SMILES string of the molecule is CCCCCCCCN1CC(CC)NCC1C. The van der Waals surface area contributed by atoms with Crippen molar-refractivity contribution in [3.63, 3.8) is 0 Å². The van der Waals surface area contributed by atoms with Crippen LogP contribution in [0.4, 0.5) is 0 Å². The Morgan fingerprint density at radius 1 is 1.06 bits per heavy atom. The first-order valence-electron chi connectivity index (χ1n) is 7.75. The average molecular weight is 240 g/mol. The number of nitrogens with one attached hydrogen (secondary N) is 1. The summed E-state index contributed by atoms with van der Waals surface area (Å²) in [6, 6.07) is 1.46. The van der Waals surface area contributed by atoms with E-state index in [1.807, 2.05) is 0 Å². The molecule has 1 rings (SSSR count). The molecule has 0 radical (unpaired) electrons. The second-order valence-corrected chi connectivity index (χ2v) is 5.63. The van der Waals surface area contributed by atoms with Gasteiger partial charge in [-0.05, 0) is 26.3 Å². The van der Waals surface area contributed by atoms with Crippen molar-refractivity contribution in [3.8, 4) is 0 Å². The summed E-state index contributed by atoms with van der Waals surface area (Å²) in [5, 5.41) is 3.63. The Morgan fingerprint density at radius 2 is 1.76 bits per heavy atom. The molecule has 0 saturated carbocycles. The van der Waals surface area contributed by atoms with Crippen molar-refractivity contribution < 1.29 is 0 Å². The maximum absolute atomic E-state index is 3.63. The summed E-state index contributed by atoms with van der Waals surface area (Å²) < 4.78 is 0. The summed E-state index contributed by atoms with van der Waals surface area (Å²) in [6.07, 6.45) is 9.73. The average Bonchev–Trinajstić information content (AvgIpc) is 2.35. The topological polar surface area (TPSA) is 15.3 Å². The zero-order chi connectivity index (χ0) is 12.5. The van der Waals surface area contributed by atoms with Gasteiger partial charge in [-0.3, -0.25) is 4.90 Å². The first-order chi connectivity index (χ1) is 8.27. The van der Waals surface area contributed by atoms with Gasteiger partial charge in [0, 0.05) is 25.2 Å². The molecule has 0 aromatic rings. The first-order valence-corrected chi connectivity index (χ1v) is 7.75. The number of hydrogen-bond donors (Lipinski definition) is 1. The molecule has 1 N–H and O–H groups in total. The van der Waals surface area contributed by atoms with E-state index < -0.39 is 0 Å². The molecule has 0 aliphatic carbocycles. The minimum Gasteiger partial charge on any atom is -0.311 e. The van der Waals surface area contributed by atoms with Crippen molar-refractivity contribution in [2.75, 3.05) is 19.6 Å². The quantitative estimate of drug-likeness (QED) is 0.654. The van der Waals surface area contributed by atoms with Crippen LogP contribution < -0.4 is 5.32 Å². The molecule has 0 amide bonds. The molecule has 2 heteroatoms. The Bertz CT molecular complexity index is 182. The lowest BCUT2D eigenvalue weighted by Gasteiger charge is -2.38. The third-order valence-electron chi connectivity index (χ3n) is 4.07. The lowest BCUT2D eigenvalue weighted by atomic mass is 10.1. The molecule has 0 aromatic carbocycles. The van der Waals surface area contributed by atoms with Gasteiger partial charge < -0.3 is 5.32 Å². The van der Waals surface area contributed by atoms with Crippen LogP contribution in [0.5, 0.6) is 0 Å². The van der Waals surface area contributed by atoms with Crippen LogP contribution in [-0.4, -0.2) is 36.6 Å². The molecule has 2 atom stereocenters. The summed E-state index contributed by atoms with van der Waals surface area (Å²) in [5.41, 5.74) is 0. The third-order valence-corrected chi connectivity index (χ3v) is 4.07. The van der Waals surface area contributed by atoms with Crippen LogP contribution in [0, 0.1) is 0 Å². The van der Waals surface area contributed by atoms with Gasteiger partial charge in [0.1, 0.15) is 0 Å². The van der Waals surface area contributed by atoms with E-state index in [0.717, 1.165) is 12.1 Å². The normalized spacial score (nSPS) is 26.3. The fourth-order valence-corrected chi connectivity index (χ4v) is 2.67. The highest BCUT2D eigenvalue weighted by molar-refractivity contribution is 4.82. The molecular formula is C15H32N2. The predicted molar refractivity (Wildman–Crippen MR) is 76.5 cm³/mol. The molecule has 17 heavy (non-hydrogen) atoms. The minimum absolute atomic E-state index is 0.728. The van der Waals surface area contributed by atoms with Gasteiger partial charge in [-0.15, -0.1) is 0 Å². The molecule has 2 unspecified atom stereocenters. The summed E-state index contributed by atoms with van der Waals surface area (Å²) in [5.74, 6) is 0. The summed E-state index contributed by atoms with van der Waals surface area (Å²) in [6.45, 7) is 10.7. The van der Waals surface area contributed by atoms with Gasteiger partial charge in [0.05, 0.1) is 0 Å². The molecule has 1 fully saturated rings. The zero-order valence-electron chi connectivity index (χ0n) is 12.2. The number of hydrogen-bond acceptors (Lipinski definition) is 2. The zero-order valence-corrected chi connectivity index (χ0v) is 12.2. The van der Waals surface area contributed by atoms with E-state index in [9.17, 15) is 0 Å². The van der Waals surface area contributed by atoms with Crippen LogP contribution in [0.25, 0.3) is 0 Å². The van der Waals surface area contributed by atoms with Gasteiger partial charge in [-0.1, -0.05) is 46.0 Å². The smallest absolute Gasteiger partial charge is 0.0193 e. The second-order valence-electron chi connectivity index (χ2n) is 5.63. The highest BCUT2D eigenvalue weighted by Gasteiger charge is 2.22. The van der Waals surface area contributed by atoms with Gasteiger partial charge in [-0.25, -0.2) is 0 Å².